The first-order chi connectivity index (χ1) is 14.1. The van der Waals surface area contributed by atoms with E-state index >= 15 is 0 Å². The van der Waals surface area contributed by atoms with Crippen LogP contribution in [0.15, 0.2) is 24.3 Å². The van der Waals surface area contributed by atoms with E-state index in [4.69, 9.17) is 0 Å². The summed E-state index contributed by atoms with van der Waals surface area (Å²) in [6, 6.07) is 5.71. The molecule has 0 saturated heterocycles. The zero-order valence-electron chi connectivity index (χ0n) is 18.3. The number of carbonyl (C=O) groups is 2. The average Bonchev–Trinajstić information content (AvgIpc) is 2.91. The maximum absolute atomic E-state index is 14.5. The van der Waals surface area contributed by atoms with Gasteiger partial charge in [0, 0.05) is 20.1 Å². The van der Waals surface area contributed by atoms with Gasteiger partial charge in [-0.3, -0.25) is 9.59 Å². The van der Waals surface area contributed by atoms with Crippen molar-refractivity contribution in [2.45, 2.75) is 46.3 Å². The van der Waals surface area contributed by atoms with Crippen LogP contribution in [0.5, 0.6) is 0 Å². The smallest absolute Gasteiger partial charge is 0.272 e. The van der Waals surface area contributed by atoms with Crippen molar-refractivity contribution in [1.29, 1.82) is 0 Å². The minimum atomic E-state index is -0.729. The summed E-state index contributed by atoms with van der Waals surface area (Å²) in [5.74, 6) is -0.642. The van der Waals surface area contributed by atoms with Crippen molar-refractivity contribution in [3.8, 4) is 11.4 Å². The molecule has 1 aliphatic rings. The Balaban J connectivity index is 2.07. The normalized spacial score (nSPS) is 15.8. The molecule has 0 fully saturated rings. The van der Waals surface area contributed by atoms with Crippen LogP contribution in [-0.4, -0.2) is 52.9 Å². The Morgan fingerprint density at radius 2 is 1.90 bits per heavy atom. The van der Waals surface area contributed by atoms with E-state index in [-0.39, 0.29) is 17.4 Å². The molecule has 1 atom stereocenters. The topological polar surface area (TPSA) is 79.3 Å². The lowest BCUT2D eigenvalue weighted by molar-refractivity contribution is -0.124. The Kier molecular flexibility index (Phi) is 6.26. The molecule has 3 rings (SSSR count). The van der Waals surface area contributed by atoms with E-state index < -0.39 is 17.4 Å². The van der Waals surface area contributed by atoms with Crippen LogP contribution in [0.25, 0.3) is 11.4 Å². The quantitative estimate of drug-likeness (QED) is 0.804. The molecule has 0 spiro atoms. The number of hydrogen-bond donors (Lipinski definition) is 2. The molecule has 0 bridgehead atoms. The van der Waals surface area contributed by atoms with Gasteiger partial charge in [-0.25, -0.2) is 9.37 Å². The number of imidazole rings is 1. The number of aromatic nitrogens is 2. The molecule has 162 valence electrons. The highest BCUT2D eigenvalue weighted by molar-refractivity contribution is 5.97. The van der Waals surface area contributed by atoms with Crippen molar-refractivity contribution in [3.05, 3.63) is 41.5 Å². The predicted octanol–water partition coefficient (Wildman–Crippen LogP) is 2.42. The highest BCUT2D eigenvalue weighted by Crippen LogP contribution is 2.28. The van der Waals surface area contributed by atoms with E-state index in [1.807, 2.05) is 32.4 Å². The average molecular weight is 416 g/mol. The number of fused-ring (bicyclic) bond motifs is 1. The van der Waals surface area contributed by atoms with Gasteiger partial charge in [0.1, 0.15) is 17.7 Å². The molecule has 1 unspecified atom stereocenters. The number of nitrogens with one attached hydrogen (secondary N) is 2. The summed E-state index contributed by atoms with van der Waals surface area (Å²) in [5.41, 5.74) is 0.842. The largest absolute Gasteiger partial charge is 0.357 e. The third kappa shape index (κ3) is 4.38. The van der Waals surface area contributed by atoms with Crippen LogP contribution in [-0.2, 0) is 17.9 Å². The number of benzene rings is 1. The number of halogens is 1. The Morgan fingerprint density at radius 3 is 2.53 bits per heavy atom. The number of rotatable bonds is 4. The molecule has 1 aromatic heterocycles. The van der Waals surface area contributed by atoms with Gasteiger partial charge in [-0.15, -0.1) is 0 Å². The standard InChI is InChI=1S/C22H30FN5O2/c1-22(2,3)18(21(30)24-4)26-20(29)17-16-13-27(5)11-8-12-28(16)19(25-17)14-9-6-7-10-15(14)23/h6-7,9-10,18H,8,11-13H2,1-5H3,(H,24,30)(H,26,29). The summed E-state index contributed by atoms with van der Waals surface area (Å²) in [6.45, 7) is 7.69. The van der Waals surface area contributed by atoms with Crippen LogP contribution in [0.2, 0.25) is 0 Å². The highest BCUT2D eigenvalue weighted by Gasteiger charge is 2.34. The second kappa shape index (κ2) is 8.55. The van der Waals surface area contributed by atoms with Crippen LogP contribution in [0.1, 0.15) is 43.4 Å². The van der Waals surface area contributed by atoms with Crippen molar-refractivity contribution < 1.29 is 14.0 Å². The molecule has 0 saturated carbocycles. The lowest BCUT2D eigenvalue weighted by Crippen LogP contribution is -2.53. The van der Waals surface area contributed by atoms with Crippen molar-refractivity contribution in [2.75, 3.05) is 20.6 Å². The SMILES string of the molecule is CNC(=O)C(NC(=O)c1nc(-c2ccccc2F)n2c1CN(C)CCC2)C(C)(C)C. The minimum Gasteiger partial charge on any atom is -0.357 e. The van der Waals surface area contributed by atoms with Gasteiger partial charge in [0.2, 0.25) is 5.91 Å². The number of amides is 2. The Hall–Kier alpha value is -2.74. The summed E-state index contributed by atoms with van der Waals surface area (Å²) < 4.78 is 16.5. The fourth-order valence-corrected chi connectivity index (χ4v) is 3.77. The van der Waals surface area contributed by atoms with E-state index in [1.165, 1.54) is 6.07 Å². The van der Waals surface area contributed by atoms with Crippen molar-refractivity contribution in [1.82, 2.24) is 25.1 Å². The van der Waals surface area contributed by atoms with E-state index in [0.29, 0.717) is 24.5 Å². The first-order valence-corrected chi connectivity index (χ1v) is 10.2. The molecule has 7 nitrogen and oxygen atoms in total. The maximum Gasteiger partial charge on any atom is 0.272 e. The van der Waals surface area contributed by atoms with Crippen molar-refractivity contribution in [3.63, 3.8) is 0 Å². The molecule has 8 heteroatoms. The zero-order valence-corrected chi connectivity index (χ0v) is 18.3. The molecule has 0 radical (unpaired) electrons. The molecule has 0 aliphatic carbocycles. The monoisotopic (exact) mass is 415 g/mol. The molecular weight excluding hydrogens is 385 g/mol. The minimum absolute atomic E-state index is 0.236. The number of nitrogens with zero attached hydrogens (tertiary/aromatic N) is 3. The van der Waals surface area contributed by atoms with Gasteiger partial charge in [0.15, 0.2) is 5.69 Å². The third-order valence-corrected chi connectivity index (χ3v) is 5.39. The third-order valence-electron chi connectivity index (χ3n) is 5.39. The van der Waals surface area contributed by atoms with Crippen LogP contribution >= 0.6 is 0 Å². The van der Waals surface area contributed by atoms with Crippen LogP contribution < -0.4 is 10.6 Å². The molecular formula is C22H30FN5O2. The maximum atomic E-state index is 14.5. The lowest BCUT2D eigenvalue weighted by Gasteiger charge is -2.29. The van der Waals surface area contributed by atoms with E-state index in [0.717, 1.165) is 18.7 Å². The van der Waals surface area contributed by atoms with Crippen LogP contribution in [0.4, 0.5) is 4.39 Å². The van der Waals surface area contributed by atoms with Gasteiger partial charge >= 0.3 is 0 Å². The fourth-order valence-electron chi connectivity index (χ4n) is 3.77. The Morgan fingerprint density at radius 1 is 1.20 bits per heavy atom. The fraction of sp³-hybridized carbons (Fsp3) is 0.500. The predicted molar refractivity (Wildman–Crippen MR) is 113 cm³/mol. The summed E-state index contributed by atoms with van der Waals surface area (Å²) >= 11 is 0. The molecule has 2 amide bonds. The first kappa shape index (κ1) is 22.0. The summed E-state index contributed by atoms with van der Waals surface area (Å²) in [5, 5.41) is 5.46. The molecule has 1 aromatic carbocycles. The van der Waals surface area contributed by atoms with E-state index in [1.54, 1.807) is 25.2 Å². The number of hydrogen-bond acceptors (Lipinski definition) is 4. The van der Waals surface area contributed by atoms with Crippen LogP contribution in [0.3, 0.4) is 0 Å². The Bertz CT molecular complexity index is 947. The van der Waals surface area contributed by atoms with Gasteiger partial charge in [-0.1, -0.05) is 32.9 Å². The Labute approximate surface area is 176 Å². The molecule has 30 heavy (non-hydrogen) atoms. The van der Waals surface area contributed by atoms with Gasteiger partial charge < -0.3 is 20.1 Å². The van der Waals surface area contributed by atoms with Gasteiger partial charge in [0.25, 0.3) is 5.91 Å². The van der Waals surface area contributed by atoms with Gasteiger partial charge in [-0.2, -0.15) is 0 Å². The second-order valence-corrected chi connectivity index (χ2v) is 8.84. The highest BCUT2D eigenvalue weighted by atomic mass is 19.1. The van der Waals surface area contributed by atoms with Crippen LogP contribution in [0, 0.1) is 11.2 Å². The van der Waals surface area contributed by atoms with Crippen molar-refractivity contribution in [2.24, 2.45) is 5.41 Å². The lowest BCUT2D eigenvalue weighted by atomic mass is 9.86. The van der Waals surface area contributed by atoms with E-state index in [2.05, 4.69) is 20.5 Å². The summed E-state index contributed by atoms with van der Waals surface area (Å²) in [4.78, 5) is 32.3. The summed E-state index contributed by atoms with van der Waals surface area (Å²) in [6.07, 6.45) is 0.866. The number of likely N-dealkylation sites (N-methyl/N-ethyl adjacent to an activating group) is 1. The number of carbonyl (C=O) groups excluding carboxylic acids is 2. The summed E-state index contributed by atoms with van der Waals surface area (Å²) in [7, 11) is 3.52. The van der Waals surface area contributed by atoms with Crippen molar-refractivity contribution >= 4 is 11.8 Å². The van der Waals surface area contributed by atoms with E-state index in [9.17, 15) is 14.0 Å². The molecule has 2 N–H and O–H groups in total. The van der Waals surface area contributed by atoms with Gasteiger partial charge in [-0.05, 0) is 37.6 Å². The molecule has 2 aromatic rings. The second-order valence-electron chi connectivity index (χ2n) is 8.84. The van der Waals surface area contributed by atoms with Gasteiger partial charge in [0.05, 0.1) is 11.3 Å². The first-order valence-electron chi connectivity index (χ1n) is 10.2. The zero-order chi connectivity index (χ0) is 22.1. The molecule has 1 aliphatic heterocycles. The molecule has 2 heterocycles.